The van der Waals surface area contributed by atoms with Crippen molar-refractivity contribution in [3.8, 4) is 0 Å². The Labute approximate surface area is 87.8 Å². The van der Waals surface area contributed by atoms with Gasteiger partial charge in [-0.15, -0.1) is 0 Å². The van der Waals surface area contributed by atoms with Crippen molar-refractivity contribution in [2.24, 2.45) is 23.7 Å². The van der Waals surface area contributed by atoms with Crippen LogP contribution < -0.4 is 0 Å². The molecule has 0 saturated heterocycles. The van der Waals surface area contributed by atoms with Crippen molar-refractivity contribution in [1.82, 2.24) is 0 Å². The second-order valence-corrected chi connectivity index (χ2v) is 5.71. The highest BCUT2D eigenvalue weighted by molar-refractivity contribution is 5.04. The molecule has 14 heavy (non-hydrogen) atoms. The van der Waals surface area contributed by atoms with Crippen LogP contribution in [0.1, 0.15) is 51.4 Å². The molecule has 2 saturated carbocycles. The van der Waals surface area contributed by atoms with E-state index in [9.17, 15) is 0 Å². The van der Waals surface area contributed by atoms with Crippen LogP contribution in [0.3, 0.4) is 0 Å². The molecule has 0 N–H and O–H groups in total. The van der Waals surface area contributed by atoms with Crippen molar-refractivity contribution < 1.29 is 0 Å². The van der Waals surface area contributed by atoms with E-state index in [0.29, 0.717) is 0 Å². The third-order valence-electron chi connectivity index (χ3n) is 4.97. The lowest BCUT2D eigenvalue weighted by molar-refractivity contribution is 0.170. The Morgan fingerprint density at radius 3 is 2.50 bits per heavy atom. The van der Waals surface area contributed by atoms with E-state index in [1.807, 2.05) is 0 Å². The maximum atomic E-state index is 2.50. The molecule has 78 valence electrons. The molecular formula is C14H22. The maximum absolute atomic E-state index is 2.50. The van der Waals surface area contributed by atoms with Crippen LogP contribution in [0.4, 0.5) is 0 Å². The Balaban J connectivity index is 1.61. The van der Waals surface area contributed by atoms with Crippen LogP contribution in [0, 0.1) is 23.7 Å². The lowest BCUT2D eigenvalue weighted by Gasteiger charge is -2.35. The number of fused-ring (bicyclic) bond motifs is 1. The molecule has 3 aliphatic carbocycles. The van der Waals surface area contributed by atoms with Gasteiger partial charge in [0.1, 0.15) is 0 Å². The monoisotopic (exact) mass is 190 g/mol. The van der Waals surface area contributed by atoms with E-state index in [-0.39, 0.29) is 0 Å². The van der Waals surface area contributed by atoms with Gasteiger partial charge in [-0.2, -0.15) is 0 Å². The van der Waals surface area contributed by atoms with Gasteiger partial charge in [0.15, 0.2) is 0 Å². The molecule has 0 aromatic carbocycles. The summed E-state index contributed by atoms with van der Waals surface area (Å²) in [5, 5.41) is 0. The zero-order chi connectivity index (χ0) is 9.38. The molecule has 0 amide bonds. The molecule has 0 heterocycles. The van der Waals surface area contributed by atoms with Gasteiger partial charge in [0.25, 0.3) is 0 Å². The molecule has 3 rings (SSSR count). The van der Waals surface area contributed by atoms with E-state index >= 15 is 0 Å². The van der Waals surface area contributed by atoms with Gasteiger partial charge in [-0.3, -0.25) is 0 Å². The van der Waals surface area contributed by atoms with Gasteiger partial charge in [0.2, 0.25) is 0 Å². The summed E-state index contributed by atoms with van der Waals surface area (Å²) in [5.74, 6) is 4.26. The van der Waals surface area contributed by atoms with Crippen LogP contribution in [-0.4, -0.2) is 0 Å². The molecule has 0 bridgehead atoms. The summed E-state index contributed by atoms with van der Waals surface area (Å²) in [6.07, 6.45) is 17.1. The van der Waals surface area contributed by atoms with Crippen molar-refractivity contribution >= 4 is 0 Å². The summed E-state index contributed by atoms with van der Waals surface area (Å²) < 4.78 is 0. The molecule has 0 aromatic rings. The standard InChI is InChI=1S/C14H22/c1-2-5-11(4-1)14-9-8-12-6-3-7-13(12)10-14/h3,6,11-14H,1-2,4-5,7-10H2. The fourth-order valence-corrected chi connectivity index (χ4v) is 4.13. The molecule has 0 heteroatoms. The molecule has 0 spiro atoms. The Morgan fingerprint density at radius 2 is 1.64 bits per heavy atom. The average Bonchev–Trinajstić information content (AvgIpc) is 2.88. The normalized spacial score (nSPS) is 43.0. The smallest absolute Gasteiger partial charge is 0.0202 e. The predicted octanol–water partition coefficient (Wildman–Crippen LogP) is 4.17. The lowest BCUT2D eigenvalue weighted by Crippen LogP contribution is -2.25. The SMILES string of the molecule is C1=CC2CCC(C3CCCC3)CC2C1. The molecule has 3 unspecified atom stereocenters. The summed E-state index contributed by atoms with van der Waals surface area (Å²) in [7, 11) is 0. The third kappa shape index (κ3) is 1.53. The van der Waals surface area contributed by atoms with Crippen LogP contribution in [0.25, 0.3) is 0 Å². The van der Waals surface area contributed by atoms with Crippen LogP contribution >= 0.6 is 0 Å². The fourth-order valence-electron chi connectivity index (χ4n) is 4.13. The zero-order valence-corrected chi connectivity index (χ0v) is 9.12. The second-order valence-electron chi connectivity index (χ2n) is 5.71. The first-order valence-electron chi connectivity index (χ1n) is 6.60. The third-order valence-corrected chi connectivity index (χ3v) is 4.97. The fraction of sp³-hybridized carbons (Fsp3) is 0.857. The van der Waals surface area contributed by atoms with Gasteiger partial charge < -0.3 is 0 Å². The van der Waals surface area contributed by atoms with Gasteiger partial charge in [-0.05, 0) is 49.4 Å². The van der Waals surface area contributed by atoms with Crippen molar-refractivity contribution in [1.29, 1.82) is 0 Å². The van der Waals surface area contributed by atoms with E-state index in [4.69, 9.17) is 0 Å². The molecule has 3 atom stereocenters. The first-order valence-corrected chi connectivity index (χ1v) is 6.60. The maximum Gasteiger partial charge on any atom is -0.0202 e. The topological polar surface area (TPSA) is 0 Å². The quantitative estimate of drug-likeness (QED) is 0.544. The van der Waals surface area contributed by atoms with Crippen molar-refractivity contribution in [3.63, 3.8) is 0 Å². The van der Waals surface area contributed by atoms with Crippen molar-refractivity contribution in [3.05, 3.63) is 12.2 Å². The number of rotatable bonds is 1. The highest BCUT2D eigenvalue weighted by Gasteiger charge is 2.35. The highest BCUT2D eigenvalue weighted by atomic mass is 14.4. The van der Waals surface area contributed by atoms with E-state index < -0.39 is 0 Å². The Hall–Kier alpha value is -0.260. The summed E-state index contributed by atoms with van der Waals surface area (Å²) in [6, 6.07) is 0. The van der Waals surface area contributed by atoms with E-state index in [2.05, 4.69) is 12.2 Å². The second kappa shape index (κ2) is 3.72. The summed E-state index contributed by atoms with van der Waals surface area (Å²) in [5.41, 5.74) is 0. The van der Waals surface area contributed by atoms with Crippen LogP contribution in [0.5, 0.6) is 0 Å². The molecule has 0 aliphatic heterocycles. The van der Waals surface area contributed by atoms with E-state index in [1.54, 1.807) is 19.3 Å². The molecular weight excluding hydrogens is 168 g/mol. The number of hydrogen-bond donors (Lipinski definition) is 0. The highest BCUT2D eigenvalue weighted by Crippen LogP contribution is 2.46. The van der Waals surface area contributed by atoms with Gasteiger partial charge in [0, 0.05) is 0 Å². The van der Waals surface area contributed by atoms with Crippen LogP contribution in [-0.2, 0) is 0 Å². The molecule has 0 radical (unpaired) electrons. The van der Waals surface area contributed by atoms with Crippen LogP contribution in [0.2, 0.25) is 0 Å². The molecule has 3 aliphatic rings. The van der Waals surface area contributed by atoms with Gasteiger partial charge in [0.05, 0.1) is 0 Å². The van der Waals surface area contributed by atoms with E-state index in [1.165, 1.54) is 32.1 Å². The number of allylic oxidation sites excluding steroid dienone is 2. The minimum absolute atomic E-state index is 0.979. The van der Waals surface area contributed by atoms with E-state index in [0.717, 1.165) is 23.7 Å². The largest absolute Gasteiger partial charge is 0.0880 e. The molecule has 0 nitrogen and oxygen atoms in total. The molecule has 0 aromatic heterocycles. The minimum atomic E-state index is 0.979. The Kier molecular flexibility index (Phi) is 2.39. The van der Waals surface area contributed by atoms with Crippen LogP contribution in [0.15, 0.2) is 12.2 Å². The Bertz CT molecular complexity index is 222. The minimum Gasteiger partial charge on any atom is -0.0880 e. The first-order chi connectivity index (χ1) is 6.93. The summed E-state index contributed by atoms with van der Waals surface area (Å²) in [6.45, 7) is 0. The Morgan fingerprint density at radius 1 is 0.786 bits per heavy atom. The number of hydrogen-bond acceptors (Lipinski definition) is 0. The van der Waals surface area contributed by atoms with Crippen molar-refractivity contribution in [2.75, 3.05) is 0 Å². The summed E-state index contributed by atoms with van der Waals surface area (Å²) in [4.78, 5) is 0. The lowest BCUT2D eigenvalue weighted by atomic mass is 9.70. The zero-order valence-electron chi connectivity index (χ0n) is 9.12. The van der Waals surface area contributed by atoms with Crippen molar-refractivity contribution in [2.45, 2.75) is 51.4 Å². The van der Waals surface area contributed by atoms with Gasteiger partial charge >= 0.3 is 0 Å². The predicted molar refractivity (Wildman–Crippen MR) is 60.0 cm³/mol. The van der Waals surface area contributed by atoms with Gasteiger partial charge in [-0.1, -0.05) is 37.8 Å². The first kappa shape index (κ1) is 9.00. The average molecular weight is 190 g/mol. The summed E-state index contributed by atoms with van der Waals surface area (Å²) >= 11 is 0. The molecule has 2 fully saturated rings. The van der Waals surface area contributed by atoms with Gasteiger partial charge in [-0.25, -0.2) is 0 Å².